The number of carbonyl (C=O) groups excluding carboxylic acids is 1. The Balaban J connectivity index is 1.51. The smallest absolute Gasteiger partial charge is 0.253 e. The number of amides is 1. The van der Waals surface area contributed by atoms with Gasteiger partial charge in [0.05, 0.1) is 0 Å². The molecule has 1 amide bonds. The molecule has 1 aromatic rings. The van der Waals surface area contributed by atoms with Crippen LogP contribution < -0.4 is 10.1 Å². The molecule has 0 aliphatic carbocycles. The van der Waals surface area contributed by atoms with Crippen molar-refractivity contribution in [2.75, 3.05) is 33.3 Å². The average Bonchev–Trinajstić information content (AvgIpc) is 3.02. The fourth-order valence-electron chi connectivity index (χ4n) is 4.24. The van der Waals surface area contributed by atoms with Gasteiger partial charge in [-0.2, -0.15) is 0 Å². The van der Waals surface area contributed by atoms with E-state index in [0.29, 0.717) is 24.7 Å². The van der Waals surface area contributed by atoms with E-state index >= 15 is 0 Å². The molecule has 1 N–H and O–H groups in total. The number of hydrogen-bond acceptors (Lipinski definition) is 4. The summed E-state index contributed by atoms with van der Waals surface area (Å²) >= 11 is 0. The number of carbonyl (C=O) groups is 1. The normalized spacial score (nSPS) is 24.7. The van der Waals surface area contributed by atoms with Crippen LogP contribution in [-0.2, 0) is 0 Å². The van der Waals surface area contributed by atoms with Gasteiger partial charge in [-0.25, -0.2) is 0 Å². The summed E-state index contributed by atoms with van der Waals surface area (Å²) in [4.78, 5) is 17.1. The van der Waals surface area contributed by atoms with Crippen molar-refractivity contribution in [2.24, 2.45) is 0 Å². The number of hydrogen-bond donors (Lipinski definition) is 1. The van der Waals surface area contributed by atoms with Gasteiger partial charge in [0.15, 0.2) is 0 Å². The van der Waals surface area contributed by atoms with Crippen molar-refractivity contribution in [2.45, 2.75) is 57.7 Å². The van der Waals surface area contributed by atoms with E-state index in [1.54, 1.807) is 0 Å². The first kappa shape index (κ1) is 19.2. The first-order chi connectivity index (χ1) is 12.6. The first-order valence-electron chi connectivity index (χ1n) is 10.1. The third-order valence-electron chi connectivity index (χ3n) is 5.99. The minimum atomic E-state index is 0.117. The third-order valence-corrected chi connectivity index (χ3v) is 5.99. The molecule has 2 saturated heterocycles. The largest absolute Gasteiger partial charge is 0.492 e. The molecule has 2 aliphatic heterocycles. The molecule has 5 heteroatoms. The van der Waals surface area contributed by atoms with E-state index in [4.69, 9.17) is 4.74 Å². The molecule has 0 saturated carbocycles. The van der Waals surface area contributed by atoms with Crippen LogP contribution in [0, 0.1) is 0 Å². The Kier molecular flexibility index (Phi) is 6.54. The number of likely N-dealkylation sites (N-methyl/N-ethyl adjacent to an activating group) is 1. The van der Waals surface area contributed by atoms with Crippen LogP contribution in [0.25, 0.3) is 0 Å². The summed E-state index contributed by atoms with van der Waals surface area (Å²) in [7, 11) is 1.95. The molecule has 2 heterocycles. The zero-order chi connectivity index (χ0) is 18.5. The molecular formula is C21H33N3O2. The Morgan fingerprint density at radius 2 is 1.73 bits per heavy atom. The van der Waals surface area contributed by atoms with E-state index in [0.717, 1.165) is 43.8 Å². The zero-order valence-electron chi connectivity index (χ0n) is 16.4. The second kappa shape index (κ2) is 8.87. The van der Waals surface area contributed by atoms with Gasteiger partial charge >= 0.3 is 0 Å². The molecule has 2 unspecified atom stereocenters. The summed E-state index contributed by atoms with van der Waals surface area (Å²) in [5.41, 5.74) is 0.745. The molecule has 3 rings (SSSR count). The predicted molar refractivity (Wildman–Crippen MR) is 105 cm³/mol. The van der Waals surface area contributed by atoms with Gasteiger partial charge in [0.2, 0.25) is 0 Å². The topological polar surface area (TPSA) is 44.8 Å². The van der Waals surface area contributed by atoms with Crippen molar-refractivity contribution < 1.29 is 9.53 Å². The van der Waals surface area contributed by atoms with Gasteiger partial charge in [-0.3, -0.25) is 4.79 Å². The maximum absolute atomic E-state index is 12.8. The summed E-state index contributed by atoms with van der Waals surface area (Å²) in [6.45, 7) is 8.00. The standard InChI is InChI=1S/C21H33N3O2/c1-4-24(5-2)12-13-26-20-10-6-16(7-11-20)21(25)23(3)19-14-17-8-9-18(15-19)22-17/h6-7,10-11,17-19,22H,4-5,8-9,12-15H2,1-3H3. The SMILES string of the molecule is CCN(CC)CCOc1ccc(C(=O)N(C)C2CC3CCC(C2)N3)cc1. The molecule has 1 aromatic carbocycles. The van der Waals surface area contributed by atoms with Gasteiger partial charge in [0.25, 0.3) is 5.91 Å². The zero-order valence-corrected chi connectivity index (χ0v) is 16.4. The monoisotopic (exact) mass is 359 g/mol. The van der Waals surface area contributed by atoms with Crippen LogP contribution in [0.1, 0.15) is 49.9 Å². The van der Waals surface area contributed by atoms with Crippen LogP contribution in [0.15, 0.2) is 24.3 Å². The Bertz CT molecular complexity index is 573. The van der Waals surface area contributed by atoms with Crippen molar-refractivity contribution in [3.63, 3.8) is 0 Å². The highest BCUT2D eigenvalue weighted by atomic mass is 16.5. The molecule has 26 heavy (non-hydrogen) atoms. The van der Waals surface area contributed by atoms with Crippen LogP contribution in [0.4, 0.5) is 0 Å². The van der Waals surface area contributed by atoms with E-state index in [1.807, 2.05) is 36.2 Å². The van der Waals surface area contributed by atoms with Crippen molar-refractivity contribution in [1.82, 2.24) is 15.1 Å². The van der Waals surface area contributed by atoms with Crippen molar-refractivity contribution in [3.05, 3.63) is 29.8 Å². The summed E-state index contributed by atoms with van der Waals surface area (Å²) in [5.74, 6) is 0.947. The molecule has 2 atom stereocenters. The van der Waals surface area contributed by atoms with E-state index in [9.17, 15) is 4.79 Å². The van der Waals surface area contributed by atoms with E-state index in [2.05, 4.69) is 24.1 Å². The number of rotatable bonds is 8. The van der Waals surface area contributed by atoms with Crippen LogP contribution >= 0.6 is 0 Å². The molecule has 0 spiro atoms. The number of fused-ring (bicyclic) bond motifs is 2. The molecular weight excluding hydrogens is 326 g/mol. The lowest BCUT2D eigenvalue weighted by molar-refractivity contribution is 0.0681. The second-order valence-electron chi connectivity index (χ2n) is 7.58. The number of nitrogens with zero attached hydrogens (tertiary/aromatic N) is 2. The summed E-state index contributed by atoms with van der Waals surface area (Å²) in [5, 5.41) is 3.64. The van der Waals surface area contributed by atoms with Crippen LogP contribution in [0.3, 0.4) is 0 Å². The summed E-state index contributed by atoms with van der Waals surface area (Å²) in [6.07, 6.45) is 4.65. The van der Waals surface area contributed by atoms with Crippen molar-refractivity contribution >= 4 is 5.91 Å². The molecule has 5 nitrogen and oxygen atoms in total. The lowest BCUT2D eigenvalue weighted by atomic mass is 9.98. The van der Waals surface area contributed by atoms with Crippen LogP contribution in [0.5, 0.6) is 5.75 Å². The first-order valence-corrected chi connectivity index (χ1v) is 10.1. The Morgan fingerprint density at radius 3 is 2.31 bits per heavy atom. The number of benzene rings is 1. The maximum Gasteiger partial charge on any atom is 0.253 e. The van der Waals surface area contributed by atoms with Gasteiger partial charge in [-0.15, -0.1) is 0 Å². The minimum absolute atomic E-state index is 0.117. The Hall–Kier alpha value is -1.59. The molecule has 0 radical (unpaired) electrons. The molecule has 2 bridgehead atoms. The van der Waals surface area contributed by atoms with Gasteiger partial charge < -0.3 is 19.9 Å². The third kappa shape index (κ3) is 4.57. The molecule has 144 valence electrons. The van der Waals surface area contributed by atoms with E-state index in [-0.39, 0.29) is 5.91 Å². The summed E-state index contributed by atoms with van der Waals surface area (Å²) in [6, 6.07) is 9.14. The van der Waals surface area contributed by atoms with Gasteiger partial charge in [-0.05, 0) is 63.0 Å². The minimum Gasteiger partial charge on any atom is -0.492 e. The highest BCUT2D eigenvalue weighted by Crippen LogP contribution is 2.30. The average molecular weight is 360 g/mol. The fraction of sp³-hybridized carbons (Fsp3) is 0.667. The predicted octanol–water partition coefficient (Wildman–Crippen LogP) is 2.76. The van der Waals surface area contributed by atoms with Gasteiger partial charge in [-0.1, -0.05) is 13.8 Å². The number of piperidine rings is 1. The fourth-order valence-corrected chi connectivity index (χ4v) is 4.24. The quantitative estimate of drug-likeness (QED) is 0.775. The van der Waals surface area contributed by atoms with E-state index in [1.165, 1.54) is 12.8 Å². The number of ether oxygens (including phenoxy) is 1. The van der Waals surface area contributed by atoms with Crippen molar-refractivity contribution in [1.29, 1.82) is 0 Å². The molecule has 0 aromatic heterocycles. The molecule has 2 fully saturated rings. The van der Waals surface area contributed by atoms with Gasteiger partial charge in [0, 0.05) is 37.3 Å². The number of nitrogens with one attached hydrogen (secondary N) is 1. The Labute approximate surface area is 157 Å². The molecule has 2 aliphatic rings. The van der Waals surface area contributed by atoms with E-state index < -0.39 is 0 Å². The summed E-state index contributed by atoms with van der Waals surface area (Å²) < 4.78 is 5.81. The van der Waals surface area contributed by atoms with Crippen LogP contribution in [0.2, 0.25) is 0 Å². The van der Waals surface area contributed by atoms with Gasteiger partial charge in [0.1, 0.15) is 12.4 Å². The highest BCUT2D eigenvalue weighted by Gasteiger charge is 2.36. The lowest BCUT2D eigenvalue weighted by Crippen LogP contribution is -2.48. The van der Waals surface area contributed by atoms with Crippen LogP contribution in [-0.4, -0.2) is 67.1 Å². The maximum atomic E-state index is 12.8. The Morgan fingerprint density at radius 1 is 1.12 bits per heavy atom. The second-order valence-corrected chi connectivity index (χ2v) is 7.58. The lowest BCUT2D eigenvalue weighted by Gasteiger charge is -2.35. The van der Waals surface area contributed by atoms with Crippen molar-refractivity contribution in [3.8, 4) is 5.75 Å². The highest BCUT2D eigenvalue weighted by molar-refractivity contribution is 5.94.